The summed E-state index contributed by atoms with van der Waals surface area (Å²) in [6, 6.07) is 72.1. The van der Waals surface area contributed by atoms with Crippen molar-refractivity contribution in [2.75, 3.05) is 0 Å². The Hall–Kier alpha value is -7.68. The molecule has 0 saturated heterocycles. The van der Waals surface area contributed by atoms with Crippen LogP contribution in [0.25, 0.3) is 110 Å². The minimum atomic E-state index is 0.413. The third kappa shape index (κ3) is 5.09. The average molecular weight is 777 g/mol. The van der Waals surface area contributed by atoms with Gasteiger partial charge in [0.15, 0.2) is 0 Å². The number of allylic oxidation sites excluding steroid dienone is 4. The summed E-state index contributed by atoms with van der Waals surface area (Å²) in [6.45, 7) is 2.39. The Balaban J connectivity index is 1.01. The van der Waals surface area contributed by atoms with E-state index in [9.17, 15) is 0 Å². The van der Waals surface area contributed by atoms with Crippen LogP contribution in [0.5, 0.6) is 0 Å². The molecule has 1 unspecified atom stereocenters. The lowest BCUT2D eigenvalue weighted by atomic mass is 9.80. The number of rotatable bonds is 4. The third-order valence-corrected chi connectivity index (χ3v) is 13.5. The number of hydrogen-bond acceptors (Lipinski definition) is 0. The highest BCUT2D eigenvalue weighted by molar-refractivity contribution is 6.18. The van der Waals surface area contributed by atoms with Crippen molar-refractivity contribution in [3.63, 3.8) is 0 Å². The van der Waals surface area contributed by atoms with Crippen LogP contribution >= 0.6 is 0 Å². The Kier molecular flexibility index (Phi) is 7.38. The summed E-state index contributed by atoms with van der Waals surface area (Å²) in [5.41, 5.74) is 20.2. The molecule has 0 N–H and O–H groups in total. The fourth-order valence-electron chi connectivity index (χ4n) is 10.7. The highest BCUT2D eigenvalue weighted by Crippen LogP contribution is 2.49. The van der Waals surface area contributed by atoms with E-state index in [0.29, 0.717) is 5.92 Å². The minimum Gasteiger partial charge on any atom is -0.309 e. The minimum absolute atomic E-state index is 0.413. The maximum absolute atomic E-state index is 2.55. The van der Waals surface area contributed by atoms with Gasteiger partial charge in [-0.25, -0.2) is 0 Å². The monoisotopic (exact) mass is 776 g/mol. The van der Waals surface area contributed by atoms with Gasteiger partial charge in [0.2, 0.25) is 0 Å². The molecule has 1 aliphatic carbocycles. The summed E-state index contributed by atoms with van der Waals surface area (Å²) in [6.07, 6.45) is 5.80. The van der Waals surface area contributed by atoms with E-state index < -0.39 is 0 Å². The Morgan fingerprint density at radius 1 is 0.410 bits per heavy atom. The van der Waals surface area contributed by atoms with Crippen LogP contribution < -0.4 is 0 Å². The lowest BCUT2D eigenvalue weighted by molar-refractivity contribution is 0.761. The van der Waals surface area contributed by atoms with Gasteiger partial charge in [-0.3, -0.25) is 0 Å². The summed E-state index contributed by atoms with van der Waals surface area (Å²) in [5, 5.41) is 7.56. The molecule has 13 rings (SSSR count). The van der Waals surface area contributed by atoms with Crippen molar-refractivity contribution in [2.24, 2.45) is 5.92 Å². The number of nitrogens with zero attached hydrogens (tertiary/aromatic N) is 2. The Morgan fingerprint density at radius 3 is 1.84 bits per heavy atom. The summed E-state index contributed by atoms with van der Waals surface area (Å²) in [5.74, 6) is 0.413. The molecule has 0 spiro atoms. The van der Waals surface area contributed by atoms with E-state index >= 15 is 0 Å². The molecule has 0 saturated carbocycles. The van der Waals surface area contributed by atoms with Gasteiger partial charge < -0.3 is 9.13 Å². The van der Waals surface area contributed by atoms with Crippen LogP contribution in [0.15, 0.2) is 206 Å². The van der Waals surface area contributed by atoms with Crippen molar-refractivity contribution >= 4 is 65.5 Å². The highest BCUT2D eigenvalue weighted by Gasteiger charge is 2.29. The molecule has 9 aromatic carbocycles. The van der Waals surface area contributed by atoms with Crippen molar-refractivity contribution in [1.82, 2.24) is 9.13 Å². The molecule has 2 heteroatoms. The molecule has 0 fully saturated rings. The van der Waals surface area contributed by atoms with E-state index in [1.54, 1.807) is 0 Å². The standard InChI is InChI=1S/C59H40N2/c1-37-14-12-22-47-48-23-13-24-49-52-34-42(28-30-56(52)61(59(48)49)57-31-26-40(35-53(57)58(37)47)38-15-4-2-5-16-38)41-27-29-55-51(33-41)46-21-10-11-25-54(46)60(55)44-32-43-19-8-9-20-45(43)50(36-44)39-17-6-3-7-18-39/h2-13,15-37H,14H2,1H3. The topological polar surface area (TPSA) is 9.86 Å². The van der Waals surface area contributed by atoms with Crippen molar-refractivity contribution in [3.05, 3.63) is 217 Å². The summed E-state index contributed by atoms with van der Waals surface area (Å²) < 4.78 is 5.01. The van der Waals surface area contributed by atoms with Crippen LogP contribution in [0, 0.1) is 5.92 Å². The van der Waals surface area contributed by atoms with Gasteiger partial charge in [-0.05, 0) is 122 Å². The first-order chi connectivity index (χ1) is 30.2. The zero-order chi connectivity index (χ0) is 40.2. The molecule has 286 valence electrons. The second-order valence-corrected chi connectivity index (χ2v) is 16.9. The van der Waals surface area contributed by atoms with Crippen molar-refractivity contribution in [1.29, 1.82) is 0 Å². The van der Waals surface area contributed by atoms with Crippen LogP contribution in [-0.2, 0) is 0 Å². The van der Waals surface area contributed by atoms with Gasteiger partial charge in [-0.15, -0.1) is 0 Å². The molecular formula is C59H40N2. The van der Waals surface area contributed by atoms with Crippen molar-refractivity contribution < 1.29 is 0 Å². The quantitative estimate of drug-likeness (QED) is 0.168. The Morgan fingerprint density at radius 2 is 1.03 bits per heavy atom. The molecule has 0 bridgehead atoms. The van der Waals surface area contributed by atoms with Crippen LogP contribution in [0.4, 0.5) is 0 Å². The lowest BCUT2D eigenvalue weighted by Crippen LogP contribution is -2.06. The van der Waals surface area contributed by atoms with E-state index in [0.717, 1.165) is 6.42 Å². The van der Waals surface area contributed by atoms with Gasteiger partial charge in [0, 0.05) is 38.4 Å². The van der Waals surface area contributed by atoms with E-state index in [4.69, 9.17) is 0 Å². The first-order valence-corrected chi connectivity index (χ1v) is 21.5. The van der Waals surface area contributed by atoms with Gasteiger partial charge in [0.05, 0.1) is 27.8 Å². The molecule has 0 amide bonds. The highest BCUT2D eigenvalue weighted by atomic mass is 15.0. The van der Waals surface area contributed by atoms with E-state index in [1.165, 1.54) is 121 Å². The summed E-state index contributed by atoms with van der Waals surface area (Å²) >= 11 is 0. The fourth-order valence-corrected chi connectivity index (χ4v) is 10.7. The smallest absolute Gasteiger partial charge is 0.0619 e. The van der Waals surface area contributed by atoms with Crippen molar-refractivity contribution in [2.45, 2.75) is 13.3 Å². The summed E-state index contributed by atoms with van der Waals surface area (Å²) in [4.78, 5) is 0. The molecule has 1 atom stereocenters. The van der Waals surface area contributed by atoms with E-state index in [1.807, 2.05) is 0 Å². The number of benzene rings is 9. The zero-order valence-electron chi connectivity index (χ0n) is 33.8. The fraction of sp³-hybridized carbons (Fsp3) is 0.0508. The molecule has 61 heavy (non-hydrogen) atoms. The predicted octanol–water partition coefficient (Wildman–Crippen LogP) is 15.9. The van der Waals surface area contributed by atoms with Crippen molar-refractivity contribution in [3.8, 4) is 44.8 Å². The second-order valence-electron chi connectivity index (χ2n) is 16.9. The van der Waals surface area contributed by atoms with Gasteiger partial charge in [0.1, 0.15) is 0 Å². The first kappa shape index (κ1) is 34.2. The molecule has 1 aliphatic heterocycles. The van der Waals surface area contributed by atoms with Gasteiger partial charge >= 0.3 is 0 Å². The van der Waals surface area contributed by atoms with Gasteiger partial charge in [0.25, 0.3) is 0 Å². The lowest BCUT2D eigenvalue weighted by Gasteiger charge is -2.24. The maximum atomic E-state index is 2.55. The van der Waals surface area contributed by atoms with E-state index in [-0.39, 0.29) is 0 Å². The normalized spacial score (nSPS) is 14.6. The molecule has 2 nitrogen and oxygen atoms in total. The Labute approximate surface area is 354 Å². The van der Waals surface area contributed by atoms with Gasteiger partial charge in [-0.2, -0.15) is 0 Å². The number of fused-ring (bicyclic) bond motifs is 11. The molecule has 2 aromatic heterocycles. The van der Waals surface area contributed by atoms with E-state index in [2.05, 4.69) is 222 Å². The molecule has 11 aromatic rings. The average Bonchev–Trinajstić information content (AvgIpc) is 3.79. The number of aromatic nitrogens is 2. The Bertz CT molecular complexity index is 3670. The van der Waals surface area contributed by atoms with Gasteiger partial charge in [-0.1, -0.05) is 159 Å². The SMILES string of the molecule is CC1CC=CC2=C1c1cc(-c3ccccc3)ccc1-n1c3ccc(-c4ccc5c(c4)c4ccccc4n5-c4cc(-c5ccccc5)c5ccccc5c4)cc3c3cccc2c31. The number of hydrogen-bond donors (Lipinski definition) is 0. The first-order valence-electron chi connectivity index (χ1n) is 21.5. The second kappa shape index (κ2) is 13.2. The molecule has 2 aliphatic rings. The molecule has 3 heterocycles. The van der Waals surface area contributed by atoms with Crippen LogP contribution in [-0.4, -0.2) is 9.13 Å². The molecule has 0 radical (unpaired) electrons. The van der Waals surface area contributed by atoms with Crippen LogP contribution in [0.1, 0.15) is 24.5 Å². The maximum Gasteiger partial charge on any atom is 0.0619 e. The zero-order valence-corrected chi connectivity index (χ0v) is 33.8. The number of para-hydroxylation sites is 2. The van der Waals surface area contributed by atoms with Crippen LogP contribution in [0.2, 0.25) is 0 Å². The predicted molar refractivity (Wildman–Crippen MR) is 259 cm³/mol. The third-order valence-electron chi connectivity index (χ3n) is 13.5. The molecular weight excluding hydrogens is 737 g/mol. The van der Waals surface area contributed by atoms with Crippen LogP contribution in [0.3, 0.4) is 0 Å². The largest absolute Gasteiger partial charge is 0.309 e. The summed E-state index contributed by atoms with van der Waals surface area (Å²) in [7, 11) is 0.